The third-order valence-electron chi connectivity index (χ3n) is 3.07. The van der Waals surface area contributed by atoms with Crippen molar-refractivity contribution in [2.24, 2.45) is 5.73 Å². The van der Waals surface area contributed by atoms with Crippen molar-refractivity contribution in [2.75, 3.05) is 18.0 Å². The van der Waals surface area contributed by atoms with Gasteiger partial charge in [-0.25, -0.2) is 0 Å². The van der Waals surface area contributed by atoms with E-state index in [1.807, 2.05) is 12.1 Å². The maximum atomic E-state index is 8.94. The Morgan fingerprint density at radius 3 is 2.31 bits per heavy atom. The van der Waals surface area contributed by atoms with Gasteiger partial charge in [0.2, 0.25) is 0 Å². The van der Waals surface area contributed by atoms with Crippen molar-refractivity contribution >= 4 is 21.6 Å². The molecule has 2 N–H and O–H groups in total. The van der Waals surface area contributed by atoms with Crippen LogP contribution in [0.3, 0.4) is 0 Å². The second-order valence-corrected chi connectivity index (χ2v) is 5.15. The Morgan fingerprint density at radius 1 is 1.25 bits per heavy atom. The summed E-state index contributed by atoms with van der Waals surface area (Å²) in [7, 11) is 0. The number of hydrogen-bond donors (Lipinski definition) is 1. The number of piperidine rings is 1. The highest BCUT2D eigenvalue weighted by atomic mass is 79.9. The minimum absolute atomic E-state index is 0.619. The highest BCUT2D eigenvalue weighted by Gasteiger charge is 2.30. The molecule has 1 saturated heterocycles. The lowest BCUT2D eigenvalue weighted by molar-refractivity contribution is 0.415. The summed E-state index contributed by atoms with van der Waals surface area (Å²) in [6.07, 6.45) is 1.47. The molecule has 1 aromatic rings. The first-order valence-electron chi connectivity index (χ1n) is 5.34. The molecule has 1 aliphatic heterocycles. The van der Waals surface area contributed by atoms with Gasteiger partial charge in [0, 0.05) is 23.2 Å². The largest absolute Gasteiger partial charge is 0.371 e. The fourth-order valence-corrected chi connectivity index (χ4v) is 2.19. The third-order valence-corrected chi connectivity index (χ3v) is 3.60. The Kier molecular flexibility index (Phi) is 3.17. The Balaban J connectivity index is 2.05. The Morgan fingerprint density at radius 2 is 1.81 bits per heavy atom. The molecule has 84 valence electrons. The molecule has 1 aliphatic rings. The zero-order chi connectivity index (χ0) is 11.6. The summed E-state index contributed by atoms with van der Waals surface area (Å²) in [5.74, 6) is 0. The molecular weight excluding hydrogens is 266 g/mol. The van der Waals surface area contributed by atoms with E-state index < -0.39 is 5.54 Å². The first-order chi connectivity index (χ1) is 7.63. The number of nitrogens with two attached hydrogens (primary N) is 1. The molecule has 0 bridgehead atoms. The second-order valence-electron chi connectivity index (χ2n) is 4.23. The predicted molar refractivity (Wildman–Crippen MR) is 68.1 cm³/mol. The normalized spacial score (nSPS) is 19.2. The van der Waals surface area contributed by atoms with Gasteiger partial charge < -0.3 is 10.6 Å². The van der Waals surface area contributed by atoms with Crippen molar-refractivity contribution < 1.29 is 0 Å². The Labute approximate surface area is 104 Å². The molecule has 0 saturated carbocycles. The number of rotatable bonds is 1. The van der Waals surface area contributed by atoms with Crippen molar-refractivity contribution in [1.82, 2.24) is 0 Å². The van der Waals surface area contributed by atoms with Crippen LogP contribution in [0.25, 0.3) is 0 Å². The van der Waals surface area contributed by atoms with Crippen LogP contribution in [-0.2, 0) is 0 Å². The molecule has 0 unspecified atom stereocenters. The molecule has 0 atom stereocenters. The van der Waals surface area contributed by atoms with Crippen LogP contribution < -0.4 is 10.6 Å². The van der Waals surface area contributed by atoms with E-state index in [0.29, 0.717) is 0 Å². The number of halogens is 1. The monoisotopic (exact) mass is 279 g/mol. The molecule has 1 fully saturated rings. The lowest BCUT2D eigenvalue weighted by Gasteiger charge is -2.36. The summed E-state index contributed by atoms with van der Waals surface area (Å²) in [4.78, 5) is 2.27. The number of nitriles is 1. The van der Waals surface area contributed by atoms with Crippen LogP contribution in [0, 0.1) is 11.3 Å². The maximum absolute atomic E-state index is 8.94. The smallest absolute Gasteiger partial charge is 0.107 e. The number of anilines is 1. The van der Waals surface area contributed by atoms with Gasteiger partial charge in [0.25, 0.3) is 0 Å². The summed E-state index contributed by atoms with van der Waals surface area (Å²) < 4.78 is 1.08. The van der Waals surface area contributed by atoms with Gasteiger partial charge in [0.05, 0.1) is 6.07 Å². The molecule has 0 aliphatic carbocycles. The fourth-order valence-electron chi connectivity index (χ4n) is 1.93. The quantitative estimate of drug-likeness (QED) is 0.858. The molecule has 16 heavy (non-hydrogen) atoms. The van der Waals surface area contributed by atoms with Crippen LogP contribution >= 0.6 is 15.9 Å². The van der Waals surface area contributed by atoms with Gasteiger partial charge in [-0.05, 0) is 37.1 Å². The molecule has 1 aromatic carbocycles. The van der Waals surface area contributed by atoms with E-state index in [2.05, 4.69) is 39.0 Å². The van der Waals surface area contributed by atoms with E-state index in [9.17, 15) is 0 Å². The van der Waals surface area contributed by atoms with Gasteiger partial charge in [-0.2, -0.15) is 5.26 Å². The molecule has 1 heterocycles. The summed E-state index contributed by atoms with van der Waals surface area (Å²) in [6.45, 7) is 1.71. The molecule has 0 aromatic heterocycles. The molecule has 0 spiro atoms. The van der Waals surface area contributed by atoms with Crippen molar-refractivity contribution in [3.8, 4) is 6.07 Å². The molecule has 4 heteroatoms. The zero-order valence-electron chi connectivity index (χ0n) is 8.99. The minimum Gasteiger partial charge on any atom is -0.371 e. The van der Waals surface area contributed by atoms with E-state index in [1.54, 1.807) is 0 Å². The summed E-state index contributed by atoms with van der Waals surface area (Å²) in [5.41, 5.74) is 6.51. The van der Waals surface area contributed by atoms with Crippen molar-refractivity contribution in [1.29, 1.82) is 5.26 Å². The van der Waals surface area contributed by atoms with E-state index in [-0.39, 0.29) is 0 Å². The summed E-state index contributed by atoms with van der Waals surface area (Å²) in [5, 5.41) is 8.94. The molecule has 0 radical (unpaired) electrons. The Bertz CT molecular complexity index is 399. The number of nitrogens with zero attached hydrogens (tertiary/aromatic N) is 2. The number of hydrogen-bond acceptors (Lipinski definition) is 3. The van der Waals surface area contributed by atoms with Gasteiger partial charge in [0.1, 0.15) is 5.54 Å². The highest BCUT2D eigenvalue weighted by molar-refractivity contribution is 9.10. The molecular formula is C12H14BrN3. The average Bonchev–Trinajstić information content (AvgIpc) is 2.32. The molecule has 2 rings (SSSR count). The van der Waals surface area contributed by atoms with Gasteiger partial charge in [-0.15, -0.1) is 0 Å². The standard InChI is InChI=1S/C12H14BrN3/c13-10-1-3-11(4-2-10)16-7-5-12(15,9-14)6-8-16/h1-4H,5-8,15H2. The van der Waals surface area contributed by atoms with E-state index in [4.69, 9.17) is 11.0 Å². The van der Waals surface area contributed by atoms with Crippen LogP contribution in [0.15, 0.2) is 28.7 Å². The summed E-state index contributed by atoms with van der Waals surface area (Å²) >= 11 is 3.42. The lowest BCUT2D eigenvalue weighted by atomic mass is 9.90. The molecule has 3 nitrogen and oxygen atoms in total. The lowest BCUT2D eigenvalue weighted by Crippen LogP contribution is -2.49. The van der Waals surface area contributed by atoms with Gasteiger partial charge in [-0.3, -0.25) is 0 Å². The van der Waals surface area contributed by atoms with Crippen LogP contribution in [0.2, 0.25) is 0 Å². The van der Waals surface area contributed by atoms with Crippen LogP contribution in [0.1, 0.15) is 12.8 Å². The topological polar surface area (TPSA) is 53.1 Å². The first-order valence-corrected chi connectivity index (χ1v) is 6.13. The van der Waals surface area contributed by atoms with Crippen LogP contribution in [0.4, 0.5) is 5.69 Å². The average molecular weight is 280 g/mol. The van der Waals surface area contributed by atoms with Crippen molar-refractivity contribution in [3.63, 3.8) is 0 Å². The van der Waals surface area contributed by atoms with Crippen LogP contribution in [-0.4, -0.2) is 18.6 Å². The van der Waals surface area contributed by atoms with E-state index in [1.165, 1.54) is 5.69 Å². The van der Waals surface area contributed by atoms with Crippen molar-refractivity contribution in [2.45, 2.75) is 18.4 Å². The van der Waals surface area contributed by atoms with Gasteiger partial charge in [0.15, 0.2) is 0 Å². The van der Waals surface area contributed by atoms with Gasteiger partial charge >= 0.3 is 0 Å². The highest BCUT2D eigenvalue weighted by Crippen LogP contribution is 2.25. The number of benzene rings is 1. The SMILES string of the molecule is N#CC1(N)CCN(c2ccc(Br)cc2)CC1. The van der Waals surface area contributed by atoms with Crippen molar-refractivity contribution in [3.05, 3.63) is 28.7 Å². The molecule has 0 amide bonds. The third kappa shape index (κ3) is 2.37. The van der Waals surface area contributed by atoms with Gasteiger partial charge in [-0.1, -0.05) is 15.9 Å². The van der Waals surface area contributed by atoms with E-state index >= 15 is 0 Å². The first kappa shape index (κ1) is 11.4. The fraction of sp³-hybridized carbons (Fsp3) is 0.417. The zero-order valence-corrected chi connectivity index (χ0v) is 10.6. The predicted octanol–water partition coefficient (Wildman–Crippen LogP) is 2.27. The summed E-state index contributed by atoms with van der Waals surface area (Å²) in [6, 6.07) is 10.4. The second kappa shape index (κ2) is 4.44. The minimum atomic E-state index is -0.619. The Hall–Kier alpha value is -1.05. The van der Waals surface area contributed by atoms with Crippen LogP contribution in [0.5, 0.6) is 0 Å². The maximum Gasteiger partial charge on any atom is 0.107 e. The van der Waals surface area contributed by atoms with E-state index in [0.717, 1.165) is 30.4 Å².